The van der Waals surface area contributed by atoms with Gasteiger partial charge in [0, 0.05) is 11.8 Å². The highest BCUT2D eigenvalue weighted by Gasteiger charge is 2.69. The van der Waals surface area contributed by atoms with E-state index in [0.29, 0.717) is 11.8 Å². The Bertz CT molecular complexity index is 987. The molecule has 1 N–H and O–H groups in total. The van der Waals surface area contributed by atoms with Gasteiger partial charge >= 0.3 is 5.97 Å². The van der Waals surface area contributed by atoms with Gasteiger partial charge in [-0.25, -0.2) is 0 Å². The third-order valence-electron chi connectivity index (χ3n) is 12.8. The van der Waals surface area contributed by atoms with Gasteiger partial charge in [0.2, 0.25) is 0 Å². The SMILES string of the molecule is CC1(C)CC2=C3C=C[C@@H]4[C@@]5(C)CC[C@@H](O)C(C)(C)[C@@H]5CC[C@@]4(C)[C@]3(C)CC[C@@]23C[C@@H]1OC3=O. The molecule has 0 amide bonds. The van der Waals surface area contributed by atoms with Gasteiger partial charge in [-0.2, -0.15) is 0 Å². The molecule has 4 fully saturated rings. The van der Waals surface area contributed by atoms with E-state index in [-0.39, 0.29) is 50.7 Å². The predicted octanol–water partition coefficient (Wildman–Crippen LogP) is 6.60. The number of fused-ring (bicyclic) bond motifs is 6. The number of aliphatic hydroxyl groups excluding tert-OH is 1. The highest BCUT2D eigenvalue weighted by molar-refractivity contribution is 5.85. The molecule has 6 aliphatic rings. The highest BCUT2D eigenvalue weighted by atomic mass is 16.6. The van der Waals surface area contributed by atoms with Crippen molar-refractivity contribution < 1.29 is 14.6 Å². The molecular formula is C30H44O3. The van der Waals surface area contributed by atoms with Crippen molar-refractivity contribution in [3.8, 4) is 0 Å². The van der Waals surface area contributed by atoms with E-state index >= 15 is 0 Å². The van der Waals surface area contributed by atoms with Crippen LogP contribution in [0.2, 0.25) is 0 Å². The topological polar surface area (TPSA) is 46.5 Å². The van der Waals surface area contributed by atoms with E-state index in [0.717, 1.165) is 38.5 Å². The molecule has 2 bridgehead atoms. The Morgan fingerprint density at radius 1 is 0.970 bits per heavy atom. The number of ether oxygens (including phenoxy) is 1. The lowest BCUT2D eigenvalue weighted by atomic mass is 9.35. The van der Waals surface area contributed by atoms with Gasteiger partial charge in [-0.15, -0.1) is 0 Å². The molecule has 0 aromatic rings. The van der Waals surface area contributed by atoms with Crippen molar-refractivity contribution in [2.75, 3.05) is 0 Å². The number of hydrogen-bond acceptors (Lipinski definition) is 3. The summed E-state index contributed by atoms with van der Waals surface area (Å²) in [5.41, 5.74) is 3.00. The fourth-order valence-electron chi connectivity index (χ4n) is 10.3. The van der Waals surface area contributed by atoms with Gasteiger partial charge in [0.15, 0.2) is 0 Å². The van der Waals surface area contributed by atoms with E-state index in [2.05, 4.69) is 60.6 Å². The summed E-state index contributed by atoms with van der Waals surface area (Å²) in [6.07, 6.45) is 13.2. The smallest absolute Gasteiger partial charge is 0.316 e. The van der Waals surface area contributed by atoms with E-state index in [9.17, 15) is 9.90 Å². The van der Waals surface area contributed by atoms with Crippen molar-refractivity contribution in [3.63, 3.8) is 0 Å². The van der Waals surface area contributed by atoms with Crippen LogP contribution >= 0.6 is 0 Å². The molecule has 182 valence electrons. The average Bonchev–Trinajstić information content (AvgIpc) is 3.03. The van der Waals surface area contributed by atoms with Gasteiger partial charge in [-0.1, -0.05) is 60.6 Å². The Hall–Kier alpha value is -1.09. The summed E-state index contributed by atoms with van der Waals surface area (Å²) < 4.78 is 6.00. The van der Waals surface area contributed by atoms with Gasteiger partial charge in [0.05, 0.1) is 11.5 Å². The van der Waals surface area contributed by atoms with Crippen LogP contribution in [0.5, 0.6) is 0 Å². The molecule has 0 aromatic heterocycles. The molecule has 0 radical (unpaired) electrons. The van der Waals surface area contributed by atoms with Crippen molar-refractivity contribution >= 4 is 5.97 Å². The fourth-order valence-corrected chi connectivity index (χ4v) is 10.3. The Balaban J connectivity index is 1.51. The predicted molar refractivity (Wildman–Crippen MR) is 130 cm³/mol. The normalized spacial score (nSPS) is 53.5. The number of esters is 1. The molecule has 0 aromatic carbocycles. The van der Waals surface area contributed by atoms with Crippen LogP contribution in [0.15, 0.2) is 23.3 Å². The first-order valence-corrected chi connectivity index (χ1v) is 13.5. The Kier molecular flexibility index (Phi) is 4.19. The summed E-state index contributed by atoms with van der Waals surface area (Å²) in [5, 5.41) is 10.9. The third kappa shape index (κ3) is 2.39. The Morgan fingerprint density at radius 2 is 1.70 bits per heavy atom. The minimum absolute atomic E-state index is 0.00894. The first-order valence-electron chi connectivity index (χ1n) is 13.5. The second-order valence-corrected chi connectivity index (χ2v) is 14.8. The second-order valence-electron chi connectivity index (χ2n) is 14.8. The second kappa shape index (κ2) is 6.18. The van der Waals surface area contributed by atoms with Gasteiger partial charge in [0.25, 0.3) is 0 Å². The molecular weight excluding hydrogens is 408 g/mol. The van der Waals surface area contributed by atoms with Gasteiger partial charge in [-0.05, 0) is 89.6 Å². The molecule has 5 aliphatic carbocycles. The van der Waals surface area contributed by atoms with Crippen molar-refractivity contribution in [3.05, 3.63) is 23.3 Å². The van der Waals surface area contributed by atoms with E-state index in [1.165, 1.54) is 24.0 Å². The summed E-state index contributed by atoms with van der Waals surface area (Å²) >= 11 is 0. The summed E-state index contributed by atoms with van der Waals surface area (Å²) in [4.78, 5) is 13.3. The van der Waals surface area contributed by atoms with Gasteiger partial charge < -0.3 is 9.84 Å². The number of rotatable bonds is 0. The third-order valence-corrected chi connectivity index (χ3v) is 12.8. The first-order chi connectivity index (χ1) is 15.2. The zero-order chi connectivity index (χ0) is 23.8. The highest BCUT2D eigenvalue weighted by Crippen LogP contribution is 2.74. The summed E-state index contributed by atoms with van der Waals surface area (Å²) in [5.74, 6) is 1.11. The van der Waals surface area contributed by atoms with E-state index in [1.807, 2.05) is 0 Å². The van der Waals surface area contributed by atoms with Crippen molar-refractivity contribution in [2.24, 2.45) is 44.3 Å². The maximum atomic E-state index is 13.3. The lowest BCUT2D eigenvalue weighted by molar-refractivity contribution is -0.182. The fraction of sp³-hybridized carbons (Fsp3) is 0.833. The monoisotopic (exact) mass is 452 g/mol. The largest absolute Gasteiger partial charge is 0.461 e. The molecule has 1 heterocycles. The van der Waals surface area contributed by atoms with Crippen LogP contribution in [0.25, 0.3) is 0 Å². The number of hydrogen-bond donors (Lipinski definition) is 1. The van der Waals surface area contributed by atoms with Crippen LogP contribution in [0.1, 0.15) is 99.8 Å². The lowest BCUT2D eigenvalue weighted by Crippen LogP contribution is -2.63. The van der Waals surface area contributed by atoms with Crippen LogP contribution in [0.4, 0.5) is 0 Å². The molecule has 8 atom stereocenters. The summed E-state index contributed by atoms with van der Waals surface area (Å²) in [7, 11) is 0. The lowest BCUT2D eigenvalue weighted by Gasteiger charge is -2.69. The van der Waals surface area contributed by atoms with Crippen LogP contribution in [0, 0.1) is 44.3 Å². The van der Waals surface area contributed by atoms with Crippen LogP contribution in [-0.4, -0.2) is 23.3 Å². The van der Waals surface area contributed by atoms with Crippen LogP contribution in [0.3, 0.4) is 0 Å². The average molecular weight is 453 g/mol. The molecule has 1 saturated heterocycles. The summed E-state index contributed by atoms with van der Waals surface area (Å²) in [6.45, 7) is 16.8. The van der Waals surface area contributed by atoms with Crippen LogP contribution in [-0.2, 0) is 9.53 Å². The maximum Gasteiger partial charge on any atom is 0.316 e. The molecule has 3 saturated carbocycles. The standard InChI is InChI=1S/C30H44O3/c1-25(2)16-19-18-8-9-21-27(5)12-11-22(31)26(3,4)20(27)10-13-29(21,7)28(18,6)14-15-30(19)17-23(25)33-24(30)32/h8-9,20-23,31H,10-17H2,1-7H3/t20-,21+,22+,23-,27-,28+,29+,30+/m0/s1. The molecule has 3 heteroatoms. The van der Waals surface area contributed by atoms with E-state index < -0.39 is 0 Å². The number of carbonyl (C=O) groups excluding carboxylic acids is 1. The molecule has 0 unspecified atom stereocenters. The molecule has 1 spiro atoms. The Morgan fingerprint density at radius 3 is 2.42 bits per heavy atom. The minimum Gasteiger partial charge on any atom is -0.461 e. The minimum atomic E-state index is -0.361. The van der Waals surface area contributed by atoms with Crippen molar-refractivity contribution in [1.82, 2.24) is 0 Å². The van der Waals surface area contributed by atoms with Gasteiger partial charge in [-0.3, -0.25) is 4.79 Å². The van der Waals surface area contributed by atoms with Crippen LogP contribution < -0.4 is 0 Å². The number of carbonyl (C=O) groups is 1. The molecule has 1 aliphatic heterocycles. The van der Waals surface area contributed by atoms with Crippen molar-refractivity contribution in [1.29, 1.82) is 0 Å². The van der Waals surface area contributed by atoms with Gasteiger partial charge in [0.1, 0.15) is 6.10 Å². The van der Waals surface area contributed by atoms with E-state index in [1.54, 1.807) is 0 Å². The molecule has 6 rings (SSSR count). The first kappa shape index (κ1) is 22.4. The summed E-state index contributed by atoms with van der Waals surface area (Å²) in [6, 6.07) is 0. The maximum absolute atomic E-state index is 13.3. The Labute approximate surface area is 200 Å². The zero-order valence-electron chi connectivity index (χ0n) is 21.9. The molecule has 3 nitrogen and oxygen atoms in total. The van der Waals surface area contributed by atoms with E-state index in [4.69, 9.17) is 4.74 Å². The van der Waals surface area contributed by atoms with Crippen molar-refractivity contribution in [2.45, 2.75) is 112 Å². The number of allylic oxidation sites excluding steroid dienone is 3. The number of aliphatic hydroxyl groups is 1. The molecule has 33 heavy (non-hydrogen) atoms. The zero-order valence-corrected chi connectivity index (χ0v) is 21.9. The quantitative estimate of drug-likeness (QED) is 0.421.